The van der Waals surface area contributed by atoms with Gasteiger partial charge >= 0.3 is 5.97 Å². The minimum absolute atomic E-state index is 0.0480. The molecule has 176 valence electrons. The average molecular weight is 460 g/mol. The van der Waals surface area contributed by atoms with Crippen LogP contribution in [0.2, 0.25) is 0 Å². The number of aliphatic hydroxyl groups is 1. The Morgan fingerprint density at radius 3 is 2.06 bits per heavy atom. The van der Waals surface area contributed by atoms with Crippen molar-refractivity contribution in [3.8, 4) is 11.1 Å². The van der Waals surface area contributed by atoms with Gasteiger partial charge in [0.15, 0.2) is 0 Å². The molecule has 6 heteroatoms. The monoisotopic (exact) mass is 459 g/mol. The zero-order chi connectivity index (χ0) is 23.9. The van der Waals surface area contributed by atoms with E-state index in [1.807, 2.05) is 42.5 Å². The Balaban J connectivity index is 1.83. The molecule has 1 saturated heterocycles. The minimum Gasteiger partial charge on any atom is -0.468 e. The lowest BCUT2D eigenvalue weighted by molar-refractivity contribution is -0.165. The quantitative estimate of drug-likeness (QED) is 0.449. The van der Waals surface area contributed by atoms with Crippen molar-refractivity contribution in [2.24, 2.45) is 0 Å². The molecule has 34 heavy (non-hydrogen) atoms. The molecule has 3 aromatic carbocycles. The number of nitrogens with zero attached hydrogens (tertiary/aromatic N) is 1. The summed E-state index contributed by atoms with van der Waals surface area (Å²) in [5, 5.41) is 11.6. The Labute approximate surface area is 199 Å². The van der Waals surface area contributed by atoms with E-state index in [2.05, 4.69) is 41.3 Å². The van der Waals surface area contributed by atoms with E-state index >= 15 is 0 Å². The van der Waals surface area contributed by atoms with Gasteiger partial charge in [0.25, 0.3) is 0 Å². The molecular formula is C28H29NO5. The van der Waals surface area contributed by atoms with Gasteiger partial charge in [0.2, 0.25) is 0 Å². The molecule has 0 amide bonds. The third-order valence-corrected chi connectivity index (χ3v) is 7.08. The molecule has 3 aromatic rings. The summed E-state index contributed by atoms with van der Waals surface area (Å²) in [6.07, 6.45) is -0.847. The summed E-state index contributed by atoms with van der Waals surface area (Å²) in [6.45, 7) is 1.85. The fourth-order valence-electron chi connectivity index (χ4n) is 5.83. The first-order chi connectivity index (χ1) is 16.5. The summed E-state index contributed by atoms with van der Waals surface area (Å²) in [5.41, 5.74) is 3.16. The molecule has 6 nitrogen and oxygen atoms in total. The van der Waals surface area contributed by atoms with E-state index in [9.17, 15) is 9.90 Å². The molecule has 1 aliphatic heterocycles. The van der Waals surface area contributed by atoms with Gasteiger partial charge in [-0.25, -0.2) is 0 Å². The molecule has 2 aliphatic rings. The number of methoxy groups -OCH3 is 2. The molecule has 0 spiro atoms. The third kappa shape index (κ3) is 3.21. The topological polar surface area (TPSA) is 68.2 Å². The molecule has 0 aromatic heterocycles. The van der Waals surface area contributed by atoms with Crippen LogP contribution in [0.3, 0.4) is 0 Å². The van der Waals surface area contributed by atoms with Crippen LogP contribution >= 0.6 is 0 Å². The maximum absolute atomic E-state index is 13.3. The van der Waals surface area contributed by atoms with Crippen LogP contribution in [0.25, 0.3) is 11.1 Å². The van der Waals surface area contributed by atoms with Gasteiger partial charge in [-0.1, -0.05) is 78.9 Å². The van der Waals surface area contributed by atoms with Gasteiger partial charge in [0.05, 0.1) is 12.6 Å². The highest BCUT2D eigenvalue weighted by molar-refractivity contribution is 5.85. The number of carbonyl (C=O) groups is 1. The first-order valence-electron chi connectivity index (χ1n) is 11.4. The molecule has 3 atom stereocenters. The van der Waals surface area contributed by atoms with Crippen LogP contribution in [-0.4, -0.2) is 61.3 Å². The lowest BCUT2D eigenvalue weighted by Crippen LogP contribution is -2.54. The molecule has 1 fully saturated rings. The lowest BCUT2D eigenvalue weighted by atomic mass is 9.78. The van der Waals surface area contributed by atoms with E-state index in [1.165, 1.54) is 14.2 Å². The normalized spacial score (nSPS) is 25.1. The fourth-order valence-corrected chi connectivity index (χ4v) is 5.83. The second-order valence-corrected chi connectivity index (χ2v) is 9.11. The fraction of sp³-hybridized carbons (Fsp3) is 0.321. The van der Waals surface area contributed by atoms with Crippen LogP contribution in [0.1, 0.15) is 23.6 Å². The molecule has 0 unspecified atom stereocenters. The van der Waals surface area contributed by atoms with E-state index < -0.39 is 29.3 Å². The van der Waals surface area contributed by atoms with Crippen molar-refractivity contribution in [1.82, 2.24) is 4.90 Å². The first-order valence-corrected chi connectivity index (χ1v) is 11.4. The number of rotatable bonds is 6. The second kappa shape index (κ2) is 8.64. The third-order valence-electron chi connectivity index (χ3n) is 7.08. The number of fused-ring (bicyclic) bond motifs is 3. The number of β-amino-alcohol motifs (C(OH)–C–C–N with tert-alkyl or cyclic N) is 1. The maximum Gasteiger partial charge on any atom is 0.325 e. The highest BCUT2D eigenvalue weighted by Gasteiger charge is 2.62. The van der Waals surface area contributed by atoms with E-state index in [-0.39, 0.29) is 13.3 Å². The van der Waals surface area contributed by atoms with Gasteiger partial charge in [-0.05, 0) is 34.7 Å². The number of likely N-dealkylation sites (tertiary alicyclic amines) is 1. The number of ether oxygens (including phenoxy) is 3. The summed E-state index contributed by atoms with van der Waals surface area (Å²) < 4.78 is 16.3. The van der Waals surface area contributed by atoms with Crippen LogP contribution in [0.15, 0.2) is 78.9 Å². The molecule has 5 rings (SSSR count). The molecule has 0 saturated carbocycles. The van der Waals surface area contributed by atoms with Crippen molar-refractivity contribution >= 4 is 5.97 Å². The van der Waals surface area contributed by atoms with Crippen LogP contribution in [0, 0.1) is 0 Å². The summed E-state index contributed by atoms with van der Waals surface area (Å²) >= 11 is 0. The highest BCUT2D eigenvalue weighted by Crippen LogP contribution is 2.57. The SMILES string of the molecule is COCO[C@H]1[C@@H](C(=O)OC)N(C2(c3ccccc3)c3ccccc3-c3ccccc32)C[C@]1(C)O. The maximum atomic E-state index is 13.3. The first kappa shape index (κ1) is 22.7. The number of benzene rings is 3. The highest BCUT2D eigenvalue weighted by atomic mass is 16.7. The zero-order valence-electron chi connectivity index (χ0n) is 19.6. The zero-order valence-corrected chi connectivity index (χ0v) is 19.6. The largest absolute Gasteiger partial charge is 0.468 e. The Kier molecular flexibility index (Phi) is 5.78. The van der Waals surface area contributed by atoms with Crippen LogP contribution in [0.4, 0.5) is 0 Å². The molecule has 0 radical (unpaired) electrons. The standard InChI is InChI=1S/C28H29NO5/c1-27(31)17-29(24(26(30)33-3)25(27)34-18-32-2)28(19-11-5-4-6-12-19)22-15-9-7-13-20(22)21-14-8-10-16-23(21)28/h4-16,24-25,31H,17-18H2,1-3H3/t24-,25-,27-/m0/s1. The minimum atomic E-state index is -1.33. The molecular weight excluding hydrogens is 430 g/mol. The second-order valence-electron chi connectivity index (χ2n) is 9.11. The van der Waals surface area contributed by atoms with Crippen LogP contribution in [0.5, 0.6) is 0 Å². The Bertz CT molecular complexity index is 1150. The van der Waals surface area contributed by atoms with E-state index in [0.29, 0.717) is 0 Å². The molecule has 1 aliphatic carbocycles. The van der Waals surface area contributed by atoms with Crippen molar-refractivity contribution in [1.29, 1.82) is 0 Å². The van der Waals surface area contributed by atoms with Crippen molar-refractivity contribution in [3.05, 3.63) is 95.6 Å². The lowest BCUT2D eigenvalue weighted by Gasteiger charge is -2.44. The number of hydrogen-bond acceptors (Lipinski definition) is 6. The average Bonchev–Trinajstić information content (AvgIpc) is 3.31. The Morgan fingerprint density at radius 2 is 1.50 bits per heavy atom. The van der Waals surface area contributed by atoms with Gasteiger partial charge in [0, 0.05) is 13.7 Å². The Hall–Kier alpha value is -3.03. The summed E-state index contributed by atoms with van der Waals surface area (Å²) in [7, 11) is 2.89. The number of esters is 1. The van der Waals surface area contributed by atoms with Gasteiger partial charge in [-0.3, -0.25) is 9.69 Å². The summed E-state index contributed by atoms with van der Waals surface area (Å²) in [5.74, 6) is -0.462. The van der Waals surface area contributed by atoms with Crippen LogP contribution < -0.4 is 0 Å². The van der Waals surface area contributed by atoms with Gasteiger partial charge in [-0.15, -0.1) is 0 Å². The Morgan fingerprint density at radius 1 is 0.941 bits per heavy atom. The van der Waals surface area contributed by atoms with E-state index in [4.69, 9.17) is 14.2 Å². The van der Waals surface area contributed by atoms with Crippen molar-refractivity contribution in [2.45, 2.75) is 30.2 Å². The van der Waals surface area contributed by atoms with Gasteiger partial charge < -0.3 is 19.3 Å². The predicted octanol–water partition coefficient (Wildman–Crippen LogP) is 3.56. The predicted molar refractivity (Wildman–Crippen MR) is 128 cm³/mol. The van der Waals surface area contributed by atoms with Crippen molar-refractivity contribution in [3.63, 3.8) is 0 Å². The van der Waals surface area contributed by atoms with E-state index in [0.717, 1.165) is 27.8 Å². The molecule has 0 bridgehead atoms. The number of hydrogen-bond donors (Lipinski definition) is 1. The smallest absolute Gasteiger partial charge is 0.325 e. The molecule has 1 heterocycles. The summed E-state index contributed by atoms with van der Waals surface area (Å²) in [4.78, 5) is 15.4. The van der Waals surface area contributed by atoms with Gasteiger partial charge in [0.1, 0.15) is 24.5 Å². The van der Waals surface area contributed by atoms with Crippen molar-refractivity contribution < 1.29 is 24.1 Å². The van der Waals surface area contributed by atoms with Gasteiger partial charge in [-0.2, -0.15) is 0 Å². The van der Waals surface area contributed by atoms with E-state index in [1.54, 1.807) is 6.92 Å². The van der Waals surface area contributed by atoms with Crippen molar-refractivity contribution in [2.75, 3.05) is 27.6 Å². The molecule has 1 N–H and O–H groups in total. The number of carbonyl (C=O) groups excluding carboxylic acids is 1. The van der Waals surface area contributed by atoms with Crippen LogP contribution in [-0.2, 0) is 24.5 Å². The summed E-state index contributed by atoms with van der Waals surface area (Å²) in [6, 6.07) is 25.8.